The average Bonchev–Trinajstić information content (AvgIpc) is 2.75. The summed E-state index contributed by atoms with van der Waals surface area (Å²) in [4.78, 5) is 30.1. The van der Waals surface area contributed by atoms with E-state index in [1.807, 2.05) is 13.0 Å². The maximum absolute atomic E-state index is 12.8. The highest BCUT2D eigenvalue weighted by Crippen LogP contribution is 2.23. The lowest BCUT2D eigenvalue weighted by atomic mass is 10.2. The number of sulfonamides is 1. The lowest BCUT2D eigenvalue weighted by Crippen LogP contribution is -2.24. The van der Waals surface area contributed by atoms with Crippen molar-refractivity contribution in [3.8, 4) is 0 Å². The summed E-state index contributed by atoms with van der Waals surface area (Å²) in [6.45, 7) is 4.18. The van der Waals surface area contributed by atoms with Gasteiger partial charge >= 0.3 is 0 Å². The minimum atomic E-state index is -3.63. The van der Waals surface area contributed by atoms with Crippen molar-refractivity contribution < 1.29 is 13.2 Å². The summed E-state index contributed by atoms with van der Waals surface area (Å²) in [7, 11) is -0.707. The fourth-order valence-electron chi connectivity index (χ4n) is 3.16. The van der Waals surface area contributed by atoms with Gasteiger partial charge in [-0.1, -0.05) is 36.9 Å². The normalized spacial score (nSPS) is 11.8. The minimum Gasteiger partial charge on any atom is -0.325 e. The molecule has 0 bridgehead atoms. The van der Waals surface area contributed by atoms with Gasteiger partial charge in [0, 0.05) is 26.3 Å². The van der Waals surface area contributed by atoms with Crippen molar-refractivity contribution in [2.45, 2.75) is 36.9 Å². The van der Waals surface area contributed by atoms with Crippen LogP contribution < -0.4 is 10.9 Å². The number of para-hydroxylation sites is 1. The van der Waals surface area contributed by atoms with Gasteiger partial charge in [-0.3, -0.25) is 14.2 Å². The molecule has 0 atom stereocenters. The molecule has 10 heteroatoms. The van der Waals surface area contributed by atoms with Gasteiger partial charge in [0.05, 0.1) is 21.6 Å². The first-order chi connectivity index (χ1) is 15.1. The molecular formula is C22H26N4O4S2. The molecule has 3 rings (SSSR count). The Labute approximate surface area is 191 Å². The first-order valence-electron chi connectivity index (χ1n) is 10.1. The summed E-state index contributed by atoms with van der Waals surface area (Å²) < 4.78 is 27.7. The minimum absolute atomic E-state index is 0.0259. The number of fused-ring (bicyclic) bond motifs is 1. The molecule has 0 saturated carbocycles. The second-order valence-corrected chi connectivity index (χ2v) is 10.5. The van der Waals surface area contributed by atoms with E-state index < -0.39 is 10.0 Å². The van der Waals surface area contributed by atoms with Crippen molar-refractivity contribution in [3.63, 3.8) is 0 Å². The summed E-state index contributed by atoms with van der Waals surface area (Å²) in [6.07, 6.45) is 0.756. The van der Waals surface area contributed by atoms with E-state index in [1.165, 1.54) is 31.9 Å². The number of nitrogens with one attached hydrogen (secondary N) is 1. The molecule has 0 aliphatic rings. The van der Waals surface area contributed by atoms with Gasteiger partial charge in [-0.25, -0.2) is 17.7 Å². The highest BCUT2D eigenvalue weighted by molar-refractivity contribution is 7.99. The molecule has 0 saturated heterocycles. The van der Waals surface area contributed by atoms with Crippen LogP contribution in [0.2, 0.25) is 0 Å². The Kier molecular flexibility index (Phi) is 7.37. The Morgan fingerprint density at radius 3 is 2.59 bits per heavy atom. The highest BCUT2D eigenvalue weighted by atomic mass is 32.2. The second kappa shape index (κ2) is 9.85. The molecule has 0 aliphatic heterocycles. The maximum Gasteiger partial charge on any atom is 0.262 e. The van der Waals surface area contributed by atoms with E-state index in [0.717, 1.165) is 10.7 Å². The molecule has 1 heterocycles. The smallest absolute Gasteiger partial charge is 0.262 e. The number of hydrogen-bond acceptors (Lipinski definition) is 6. The predicted molar refractivity (Wildman–Crippen MR) is 128 cm³/mol. The van der Waals surface area contributed by atoms with Crippen LogP contribution >= 0.6 is 11.8 Å². The van der Waals surface area contributed by atoms with Gasteiger partial charge in [0.1, 0.15) is 0 Å². The molecule has 0 radical (unpaired) electrons. The summed E-state index contributed by atoms with van der Waals surface area (Å²) in [5, 5.41) is 3.76. The number of anilines is 1. The molecule has 1 amide bonds. The van der Waals surface area contributed by atoms with E-state index in [2.05, 4.69) is 10.3 Å². The van der Waals surface area contributed by atoms with E-state index in [9.17, 15) is 18.0 Å². The number of aryl methyl sites for hydroxylation is 1. The molecule has 2 aromatic carbocycles. The van der Waals surface area contributed by atoms with Gasteiger partial charge in [-0.05, 0) is 43.2 Å². The fourth-order valence-corrected chi connectivity index (χ4v) is 5.13. The van der Waals surface area contributed by atoms with Gasteiger partial charge in [0.2, 0.25) is 15.9 Å². The number of nitrogens with zero attached hydrogens (tertiary/aromatic N) is 3. The SMILES string of the molecule is CCCn1c(SCC(=O)Nc2ccc(C)c(S(=O)(=O)N(C)C)c2)nc2ccccc2c1=O. The maximum atomic E-state index is 12.8. The van der Waals surface area contributed by atoms with E-state index in [4.69, 9.17) is 0 Å². The summed E-state index contributed by atoms with van der Waals surface area (Å²) in [5.41, 5.74) is 1.44. The molecule has 1 N–H and O–H groups in total. The number of carbonyl (C=O) groups excluding carboxylic acids is 1. The van der Waals surface area contributed by atoms with Crippen LogP contribution in [0.15, 0.2) is 57.3 Å². The lowest BCUT2D eigenvalue weighted by Gasteiger charge is -2.15. The quantitative estimate of drug-likeness (QED) is 0.398. The molecular weight excluding hydrogens is 448 g/mol. The molecule has 32 heavy (non-hydrogen) atoms. The second-order valence-electron chi connectivity index (χ2n) is 7.47. The average molecular weight is 475 g/mol. The molecule has 170 valence electrons. The number of rotatable bonds is 8. The van der Waals surface area contributed by atoms with Crippen molar-refractivity contribution in [2.75, 3.05) is 25.2 Å². The molecule has 0 aliphatic carbocycles. The van der Waals surface area contributed by atoms with E-state index >= 15 is 0 Å². The van der Waals surface area contributed by atoms with Gasteiger partial charge in [-0.2, -0.15) is 0 Å². The molecule has 3 aromatic rings. The van der Waals surface area contributed by atoms with Gasteiger partial charge < -0.3 is 5.32 Å². The fraction of sp³-hybridized carbons (Fsp3) is 0.318. The Hall–Kier alpha value is -2.69. The standard InChI is InChI=1S/C22H26N4O4S2/c1-5-12-26-21(28)17-8-6-7-9-18(17)24-22(26)31-14-20(27)23-16-11-10-15(2)19(13-16)32(29,30)25(3)4/h6-11,13H,5,12,14H2,1-4H3,(H,23,27). The van der Waals surface area contributed by atoms with E-state index in [0.29, 0.717) is 33.9 Å². The van der Waals surface area contributed by atoms with Crippen molar-refractivity contribution >= 4 is 44.3 Å². The van der Waals surface area contributed by atoms with Crippen LogP contribution in [-0.4, -0.2) is 48.0 Å². The third-order valence-electron chi connectivity index (χ3n) is 4.84. The summed E-state index contributed by atoms with van der Waals surface area (Å²) in [6, 6.07) is 11.9. The number of carbonyl (C=O) groups is 1. The molecule has 0 unspecified atom stereocenters. The predicted octanol–water partition coefficient (Wildman–Crippen LogP) is 3.10. The third kappa shape index (κ3) is 5.03. The van der Waals surface area contributed by atoms with Crippen LogP contribution in [0.4, 0.5) is 5.69 Å². The Morgan fingerprint density at radius 2 is 1.91 bits per heavy atom. The molecule has 0 fully saturated rings. The first-order valence-corrected chi connectivity index (χ1v) is 12.5. The number of aromatic nitrogens is 2. The number of hydrogen-bond donors (Lipinski definition) is 1. The lowest BCUT2D eigenvalue weighted by molar-refractivity contribution is -0.113. The van der Waals surface area contributed by atoms with Crippen molar-refractivity contribution in [1.82, 2.24) is 13.9 Å². The monoisotopic (exact) mass is 474 g/mol. The molecule has 0 spiro atoms. The van der Waals surface area contributed by atoms with Gasteiger partial charge in [-0.15, -0.1) is 0 Å². The van der Waals surface area contributed by atoms with Crippen LogP contribution in [-0.2, 0) is 21.4 Å². The third-order valence-corrected chi connectivity index (χ3v) is 7.77. The Morgan fingerprint density at radius 1 is 1.19 bits per heavy atom. The zero-order valence-electron chi connectivity index (χ0n) is 18.5. The molecule has 1 aromatic heterocycles. The summed E-state index contributed by atoms with van der Waals surface area (Å²) >= 11 is 1.17. The van der Waals surface area contributed by atoms with E-state index in [-0.39, 0.29) is 22.1 Å². The summed E-state index contributed by atoms with van der Waals surface area (Å²) in [5.74, 6) is -0.296. The Bertz CT molecular complexity index is 1320. The van der Waals surface area contributed by atoms with Gasteiger partial charge in [0.15, 0.2) is 5.16 Å². The molecule has 8 nitrogen and oxygen atoms in total. The Balaban J connectivity index is 1.81. The van der Waals surface area contributed by atoms with Crippen molar-refractivity contribution in [2.24, 2.45) is 0 Å². The van der Waals surface area contributed by atoms with Crippen LogP contribution in [0.3, 0.4) is 0 Å². The number of amides is 1. The largest absolute Gasteiger partial charge is 0.325 e. The van der Waals surface area contributed by atoms with Crippen LogP contribution in [0.1, 0.15) is 18.9 Å². The van der Waals surface area contributed by atoms with Gasteiger partial charge in [0.25, 0.3) is 5.56 Å². The van der Waals surface area contributed by atoms with Crippen molar-refractivity contribution in [3.05, 3.63) is 58.4 Å². The first kappa shape index (κ1) is 24.0. The zero-order chi connectivity index (χ0) is 23.5. The van der Waals surface area contributed by atoms with Crippen LogP contribution in [0.25, 0.3) is 10.9 Å². The van der Waals surface area contributed by atoms with Crippen LogP contribution in [0, 0.1) is 6.92 Å². The zero-order valence-corrected chi connectivity index (χ0v) is 20.1. The number of thioether (sulfide) groups is 1. The highest BCUT2D eigenvalue weighted by Gasteiger charge is 2.20. The van der Waals surface area contributed by atoms with Crippen molar-refractivity contribution in [1.29, 1.82) is 0 Å². The van der Waals surface area contributed by atoms with E-state index in [1.54, 1.807) is 41.8 Å². The number of benzene rings is 2. The van der Waals surface area contributed by atoms with Crippen LogP contribution in [0.5, 0.6) is 0 Å². The topological polar surface area (TPSA) is 101 Å².